The zero-order chi connectivity index (χ0) is 16.4. The number of nitrogens with one attached hydrogen (secondary N) is 1. The van der Waals surface area contributed by atoms with Crippen molar-refractivity contribution in [3.8, 4) is 5.75 Å². The molecule has 2 aliphatic rings. The average Bonchev–Trinajstić information content (AvgIpc) is 2.81. The minimum absolute atomic E-state index is 0.294. The molecule has 0 spiro atoms. The molecule has 0 radical (unpaired) electrons. The van der Waals surface area contributed by atoms with Gasteiger partial charge in [-0.05, 0) is 31.9 Å². The van der Waals surface area contributed by atoms with E-state index in [2.05, 4.69) is 5.43 Å². The van der Waals surface area contributed by atoms with Crippen LogP contribution in [0.4, 0.5) is 0 Å². The van der Waals surface area contributed by atoms with Gasteiger partial charge < -0.3 is 4.74 Å². The first-order chi connectivity index (χ1) is 11.1. The van der Waals surface area contributed by atoms with Gasteiger partial charge in [0, 0.05) is 0 Å². The maximum absolute atomic E-state index is 12.4. The van der Waals surface area contributed by atoms with Crippen molar-refractivity contribution in [3.63, 3.8) is 0 Å². The Balaban J connectivity index is 1.78. The Labute approximate surface area is 134 Å². The molecule has 2 atom stereocenters. The largest absolute Gasteiger partial charge is 0.493 e. The maximum Gasteiger partial charge on any atom is 0.274 e. The average molecular weight is 314 g/mol. The number of hydrogen-bond donors (Lipinski definition) is 1. The molecule has 1 aliphatic heterocycles. The van der Waals surface area contributed by atoms with Gasteiger partial charge in [-0.25, -0.2) is 0 Å². The van der Waals surface area contributed by atoms with Gasteiger partial charge >= 0.3 is 0 Å². The monoisotopic (exact) mass is 314 g/mol. The third-order valence-electron chi connectivity index (χ3n) is 4.15. The van der Waals surface area contributed by atoms with E-state index in [1.165, 1.54) is 0 Å². The molecule has 0 bridgehead atoms. The Kier molecular flexibility index (Phi) is 4.14. The Morgan fingerprint density at radius 2 is 1.78 bits per heavy atom. The Hall–Kier alpha value is -2.63. The normalized spacial score (nSPS) is 22.9. The predicted octanol–water partition coefficient (Wildman–Crippen LogP) is 1.68. The van der Waals surface area contributed by atoms with Crippen LogP contribution in [-0.2, 0) is 9.59 Å². The Bertz CT molecular complexity index is 657. The standard InChI is InChI=1S/C17H18N2O4/c1-2-23-14-10-6-5-9-13(14)15(20)18-19-16(21)11-7-3-4-8-12(11)17(19)22/h3-6,9-12H,2,7-8H2,1H3,(H,18,20)/t11-,12-/m0/s1. The summed E-state index contributed by atoms with van der Waals surface area (Å²) in [6, 6.07) is 6.73. The lowest BCUT2D eigenvalue weighted by atomic mass is 9.85. The predicted molar refractivity (Wildman–Crippen MR) is 82.3 cm³/mol. The third-order valence-corrected chi connectivity index (χ3v) is 4.15. The molecule has 1 N–H and O–H groups in total. The quantitative estimate of drug-likeness (QED) is 0.678. The van der Waals surface area contributed by atoms with Gasteiger partial charge in [0.2, 0.25) is 0 Å². The number of fused-ring (bicyclic) bond motifs is 1. The van der Waals surface area contributed by atoms with Crippen molar-refractivity contribution in [2.24, 2.45) is 11.8 Å². The van der Waals surface area contributed by atoms with E-state index in [1.807, 2.05) is 19.1 Å². The molecule has 3 amide bonds. The molecule has 1 fully saturated rings. The van der Waals surface area contributed by atoms with E-state index < -0.39 is 5.91 Å². The van der Waals surface area contributed by atoms with E-state index in [4.69, 9.17) is 4.74 Å². The lowest BCUT2D eigenvalue weighted by Gasteiger charge is -2.17. The number of amides is 3. The second-order valence-electron chi connectivity index (χ2n) is 5.54. The van der Waals surface area contributed by atoms with E-state index in [1.54, 1.807) is 24.3 Å². The summed E-state index contributed by atoms with van der Waals surface area (Å²) in [5, 5.41) is 0.868. The Morgan fingerprint density at radius 1 is 1.17 bits per heavy atom. The topological polar surface area (TPSA) is 75.7 Å². The molecule has 6 heteroatoms. The van der Waals surface area contributed by atoms with Crippen LogP contribution in [-0.4, -0.2) is 29.3 Å². The van der Waals surface area contributed by atoms with Crippen LogP contribution in [0, 0.1) is 11.8 Å². The van der Waals surface area contributed by atoms with Crippen molar-refractivity contribution in [1.29, 1.82) is 0 Å². The number of allylic oxidation sites excluding steroid dienone is 2. The summed E-state index contributed by atoms with van der Waals surface area (Å²) in [7, 11) is 0. The smallest absolute Gasteiger partial charge is 0.274 e. The van der Waals surface area contributed by atoms with Gasteiger partial charge in [-0.3, -0.25) is 19.8 Å². The molecule has 1 aliphatic carbocycles. The van der Waals surface area contributed by atoms with E-state index in [0.29, 0.717) is 30.8 Å². The van der Waals surface area contributed by atoms with Crippen LogP contribution in [0.25, 0.3) is 0 Å². The summed E-state index contributed by atoms with van der Waals surface area (Å²) in [5.74, 6) is -1.52. The van der Waals surface area contributed by atoms with Crippen molar-refractivity contribution in [2.45, 2.75) is 19.8 Å². The molecule has 1 heterocycles. The summed E-state index contributed by atoms with van der Waals surface area (Å²) >= 11 is 0. The van der Waals surface area contributed by atoms with Crippen LogP contribution in [0.3, 0.4) is 0 Å². The molecule has 6 nitrogen and oxygen atoms in total. The second kappa shape index (κ2) is 6.24. The Morgan fingerprint density at radius 3 is 2.39 bits per heavy atom. The van der Waals surface area contributed by atoms with Crippen LogP contribution in [0.15, 0.2) is 36.4 Å². The highest BCUT2D eigenvalue weighted by Gasteiger charge is 2.48. The van der Waals surface area contributed by atoms with E-state index in [9.17, 15) is 14.4 Å². The highest BCUT2D eigenvalue weighted by atomic mass is 16.5. The van der Waals surface area contributed by atoms with Crippen molar-refractivity contribution in [1.82, 2.24) is 10.4 Å². The van der Waals surface area contributed by atoms with Crippen LogP contribution in [0.5, 0.6) is 5.75 Å². The molecule has 120 valence electrons. The lowest BCUT2D eigenvalue weighted by molar-refractivity contribution is -0.142. The number of para-hydroxylation sites is 1. The zero-order valence-corrected chi connectivity index (χ0v) is 12.8. The van der Waals surface area contributed by atoms with Crippen LogP contribution in [0.1, 0.15) is 30.1 Å². The number of benzene rings is 1. The molecule has 1 aromatic rings. The molecule has 0 unspecified atom stereocenters. The summed E-state index contributed by atoms with van der Waals surface area (Å²) in [4.78, 5) is 37.1. The number of hydrogen-bond acceptors (Lipinski definition) is 4. The number of imide groups is 1. The van der Waals surface area contributed by atoms with Gasteiger partial charge in [0.05, 0.1) is 24.0 Å². The van der Waals surface area contributed by atoms with Crippen molar-refractivity contribution >= 4 is 17.7 Å². The van der Waals surface area contributed by atoms with Gasteiger partial charge in [0.15, 0.2) is 0 Å². The second-order valence-corrected chi connectivity index (χ2v) is 5.54. The van der Waals surface area contributed by atoms with Crippen LogP contribution in [0.2, 0.25) is 0 Å². The first-order valence-electron chi connectivity index (χ1n) is 7.69. The zero-order valence-electron chi connectivity index (χ0n) is 12.8. The molecule has 3 rings (SSSR count). The van der Waals surface area contributed by atoms with Crippen molar-refractivity contribution in [3.05, 3.63) is 42.0 Å². The fourth-order valence-electron chi connectivity index (χ4n) is 3.01. The van der Waals surface area contributed by atoms with E-state index >= 15 is 0 Å². The molecule has 1 aromatic carbocycles. The number of carbonyl (C=O) groups is 3. The van der Waals surface area contributed by atoms with Gasteiger partial charge in [-0.15, -0.1) is 0 Å². The summed E-state index contributed by atoms with van der Waals surface area (Å²) in [6.45, 7) is 2.24. The molecular weight excluding hydrogens is 296 g/mol. The summed E-state index contributed by atoms with van der Waals surface area (Å²) < 4.78 is 5.41. The molecule has 1 saturated heterocycles. The van der Waals surface area contributed by atoms with Crippen LogP contribution >= 0.6 is 0 Å². The number of carbonyl (C=O) groups excluding carboxylic acids is 3. The van der Waals surface area contributed by atoms with Crippen molar-refractivity contribution < 1.29 is 19.1 Å². The van der Waals surface area contributed by atoms with Gasteiger partial charge in [-0.1, -0.05) is 24.3 Å². The first-order valence-corrected chi connectivity index (χ1v) is 7.69. The SMILES string of the molecule is CCOc1ccccc1C(=O)NN1C(=O)[C@H]2CC=CC[C@@H]2C1=O. The van der Waals surface area contributed by atoms with Gasteiger partial charge in [0.1, 0.15) is 5.75 Å². The molecule has 23 heavy (non-hydrogen) atoms. The molecule has 0 saturated carbocycles. The fraction of sp³-hybridized carbons (Fsp3) is 0.353. The summed E-state index contributed by atoms with van der Waals surface area (Å²) in [6.07, 6.45) is 4.89. The first kappa shape index (κ1) is 15.3. The number of rotatable bonds is 4. The number of ether oxygens (including phenoxy) is 1. The van der Waals surface area contributed by atoms with E-state index in [-0.39, 0.29) is 23.7 Å². The third kappa shape index (κ3) is 2.72. The highest BCUT2D eigenvalue weighted by Crippen LogP contribution is 2.34. The van der Waals surface area contributed by atoms with Gasteiger partial charge in [0.25, 0.3) is 17.7 Å². The molecular formula is C17H18N2O4. The number of nitrogens with zero attached hydrogens (tertiary/aromatic N) is 1. The lowest BCUT2D eigenvalue weighted by Crippen LogP contribution is -2.46. The number of hydrazine groups is 1. The maximum atomic E-state index is 12.4. The summed E-state index contributed by atoms with van der Waals surface area (Å²) in [5.41, 5.74) is 2.73. The van der Waals surface area contributed by atoms with Gasteiger partial charge in [-0.2, -0.15) is 5.01 Å². The fourth-order valence-corrected chi connectivity index (χ4v) is 3.01. The molecule has 0 aromatic heterocycles. The van der Waals surface area contributed by atoms with Crippen LogP contribution < -0.4 is 10.2 Å². The minimum Gasteiger partial charge on any atom is -0.493 e. The highest BCUT2D eigenvalue weighted by molar-refractivity contribution is 6.08. The minimum atomic E-state index is -0.526. The van der Waals surface area contributed by atoms with Crippen molar-refractivity contribution in [2.75, 3.05) is 6.61 Å². The van der Waals surface area contributed by atoms with E-state index in [0.717, 1.165) is 5.01 Å².